The topological polar surface area (TPSA) is 83.8 Å². The van der Waals surface area contributed by atoms with Crippen LogP contribution in [0.2, 0.25) is 0 Å². The minimum atomic E-state index is -0.235. The molecular formula is C17H26ClN3O4. The lowest BCUT2D eigenvalue weighted by atomic mass is 10.0. The van der Waals surface area contributed by atoms with E-state index in [0.717, 1.165) is 18.6 Å². The maximum absolute atomic E-state index is 12.4. The van der Waals surface area contributed by atoms with Gasteiger partial charge in [-0.1, -0.05) is 0 Å². The first-order chi connectivity index (χ1) is 11.5. The molecule has 1 aromatic rings. The lowest BCUT2D eigenvalue weighted by Gasteiger charge is -2.35. The molecule has 2 aliphatic heterocycles. The third kappa shape index (κ3) is 4.74. The van der Waals surface area contributed by atoms with Crippen LogP contribution < -0.4 is 10.6 Å². The minimum Gasteiger partial charge on any atom is -0.466 e. The highest BCUT2D eigenvalue weighted by atomic mass is 35.5. The largest absolute Gasteiger partial charge is 0.466 e. The van der Waals surface area contributed by atoms with Crippen LogP contribution in [0.4, 0.5) is 0 Å². The van der Waals surface area contributed by atoms with E-state index in [-0.39, 0.29) is 36.3 Å². The molecule has 0 bridgehead atoms. The molecule has 3 heterocycles. The number of furan rings is 1. The molecule has 1 atom stereocenters. The molecule has 7 nitrogen and oxygen atoms in total. The first kappa shape index (κ1) is 19.8. The van der Waals surface area contributed by atoms with Crippen molar-refractivity contribution in [1.29, 1.82) is 0 Å². The predicted octanol–water partition coefficient (Wildman–Crippen LogP) is 1.03. The highest BCUT2D eigenvalue weighted by Crippen LogP contribution is 2.16. The molecule has 25 heavy (non-hydrogen) atoms. The number of amides is 2. The van der Waals surface area contributed by atoms with Gasteiger partial charge in [-0.15, -0.1) is 12.4 Å². The Hall–Kier alpha value is -1.57. The minimum absolute atomic E-state index is 0. The van der Waals surface area contributed by atoms with E-state index in [1.807, 2.05) is 11.8 Å². The Labute approximate surface area is 153 Å². The Morgan fingerprint density at radius 1 is 1.28 bits per heavy atom. The molecule has 2 amide bonds. The van der Waals surface area contributed by atoms with E-state index < -0.39 is 0 Å². The standard InChI is InChI=1S/C17H25N3O4.ClH/c1-11-9-14(12(2)24-11)16(21)19-13-3-6-20(7-4-13)17(22)15-10-23-8-5-18-15;/h9,13,15,18H,3-8,10H2,1-2H3,(H,19,21);1H. The van der Waals surface area contributed by atoms with Crippen molar-refractivity contribution in [3.8, 4) is 0 Å². The van der Waals surface area contributed by atoms with Crippen LogP contribution in [0.15, 0.2) is 10.5 Å². The number of likely N-dealkylation sites (tertiary alicyclic amines) is 1. The molecule has 140 valence electrons. The number of piperidine rings is 1. The number of rotatable bonds is 3. The van der Waals surface area contributed by atoms with Gasteiger partial charge < -0.3 is 24.7 Å². The summed E-state index contributed by atoms with van der Waals surface area (Å²) < 4.78 is 10.8. The van der Waals surface area contributed by atoms with E-state index in [1.165, 1.54) is 0 Å². The van der Waals surface area contributed by atoms with Gasteiger partial charge in [0.2, 0.25) is 5.91 Å². The van der Waals surface area contributed by atoms with Crippen molar-refractivity contribution in [3.63, 3.8) is 0 Å². The van der Waals surface area contributed by atoms with Gasteiger partial charge in [0.25, 0.3) is 5.91 Å². The van der Waals surface area contributed by atoms with Crippen molar-refractivity contribution < 1.29 is 18.7 Å². The predicted molar refractivity (Wildman–Crippen MR) is 95.1 cm³/mol. The van der Waals surface area contributed by atoms with Crippen LogP contribution in [0, 0.1) is 13.8 Å². The summed E-state index contributed by atoms with van der Waals surface area (Å²) in [4.78, 5) is 26.6. The summed E-state index contributed by atoms with van der Waals surface area (Å²) in [6, 6.07) is 1.62. The highest BCUT2D eigenvalue weighted by molar-refractivity contribution is 5.95. The van der Waals surface area contributed by atoms with Crippen molar-refractivity contribution in [3.05, 3.63) is 23.2 Å². The fraction of sp³-hybridized carbons (Fsp3) is 0.647. The Kier molecular flexibility index (Phi) is 6.87. The molecule has 8 heteroatoms. The van der Waals surface area contributed by atoms with Gasteiger partial charge in [0.05, 0.1) is 18.8 Å². The van der Waals surface area contributed by atoms with Crippen LogP contribution in [0.1, 0.15) is 34.7 Å². The van der Waals surface area contributed by atoms with Gasteiger partial charge in [-0.05, 0) is 32.8 Å². The highest BCUT2D eigenvalue weighted by Gasteiger charge is 2.30. The van der Waals surface area contributed by atoms with Crippen molar-refractivity contribution >= 4 is 24.2 Å². The molecule has 0 spiro atoms. The molecule has 0 radical (unpaired) electrons. The Balaban J connectivity index is 0.00000225. The zero-order valence-corrected chi connectivity index (χ0v) is 15.5. The molecule has 3 rings (SSSR count). The zero-order chi connectivity index (χ0) is 17.1. The quantitative estimate of drug-likeness (QED) is 0.829. The Morgan fingerprint density at radius 3 is 2.56 bits per heavy atom. The van der Waals surface area contributed by atoms with E-state index in [4.69, 9.17) is 9.15 Å². The van der Waals surface area contributed by atoms with Crippen LogP contribution in [-0.2, 0) is 9.53 Å². The second kappa shape index (κ2) is 8.69. The molecule has 0 saturated carbocycles. The van der Waals surface area contributed by atoms with Crippen LogP contribution in [0.5, 0.6) is 0 Å². The first-order valence-corrected chi connectivity index (χ1v) is 8.52. The number of aryl methyl sites for hydroxylation is 2. The third-order valence-corrected chi connectivity index (χ3v) is 4.65. The molecule has 2 saturated heterocycles. The summed E-state index contributed by atoms with van der Waals surface area (Å²) in [5.41, 5.74) is 0.592. The number of hydrogen-bond acceptors (Lipinski definition) is 5. The van der Waals surface area contributed by atoms with Gasteiger partial charge in [0, 0.05) is 25.7 Å². The van der Waals surface area contributed by atoms with E-state index >= 15 is 0 Å². The summed E-state index contributed by atoms with van der Waals surface area (Å²) in [7, 11) is 0. The van der Waals surface area contributed by atoms with Crippen molar-refractivity contribution in [2.75, 3.05) is 32.8 Å². The molecule has 0 aliphatic carbocycles. The molecule has 1 unspecified atom stereocenters. The number of nitrogens with zero attached hydrogens (tertiary/aromatic N) is 1. The number of halogens is 1. The van der Waals surface area contributed by atoms with Gasteiger partial charge >= 0.3 is 0 Å². The van der Waals surface area contributed by atoms with Gasteiger partial charge in [0.1, 0.15) is 17.6 Å². The normalized spacial score (nSPS) is 21.5. The van der Waals surface area contributed by atoms with Crippen LogP contribution in [0.3, 0.4) is 0 Å². The van der Waals surface area contributed by atoms with Gasteiger partial charge in [-0.3, -0.25) is 9.59 Å². The summed E-state index contributed by atoms with van der Waals surface area (Å²) in [5, 5.41) is 6.24. The number of ether oxygens (including phenoxy) is 1. The number of hydrogen-bond donors (Lipinski definition) is 2. The lowest BCUT2D eigenvalue weighted by Crippen LogP contribution is -2.55. The van der Waals surface area contributed by atoms with Crippen molar-refractivity contribution in [1.82, 2.24) is 15.5 Å². The molecule has 1 aromatic heterocycles. The second-order valence-electron chi connectivity index (χ2n) is 6.48. The van der Waals surface area contributed by atoms with E-state index in [9.17, 15) is 9.59 Å². The maximum Gasteiger partial charge on any atom is 0.255 e. The summed E-state index contributed by atoms with van der Waals surface area (Å²) >= 11 is 0. The summed E-state index contributed by atoms with van der Waals surface area (Å²) in [6.45, 7) is 6.75. The monoisotopic (exact) mass is 371 g/mol. The number of carbonyl (C=O) groups excluding carboxylic acids is 2. The summed E-state index contributed by atoms with van der Waals surface area (Å²) in [6.07, 6.45) is 1.53. The SMILES string of the molecule is Cc1cc(C(=O)NC2CCN(C(=O)C3COCCN3)CC2)c(C)o1.Cl. The molecular weight excluding hydrogens is 346 g/mol. The number of nitrogens with one attached hydrogen (secondary N) is 2. The van der Waals surface area contributed by atoms with Crippen molar-refractivity contribution in [2.24, 2.45) is 0 Å². The van der Waals surface area contributed by atoms with Gasteiger partial charge in [-0.2, -0.15) is 0 Å². The van der Waals surface area contributed by atoms with Crippen LogP contribution in [-0.4, -0.2) is 61.6 Å². The Bertz CT molecular complexity index is 605. The van der Waals surface area contributed by atoms with E-state index in [2.05, 4.69) is 10.6 Å². The average molecular weight is 372 g/mol. The third-order valence-electron chi connectivity index (χ3n) is 4.65. The average Bonchev–Trinajstić information content (AvgIpc) is 2.94. The molecule has 0 aromatic carbocycles. The van der Waals surface area contributed by atoms with Gasteiger partial charge in [-0.25, -0.2) is 0 Å². The van der Waals surface area contributed by atoms with E-state index in [0.29, 0.717) is 44.2 Å². The van der Waals surface area contributed by atoms with E-state index in [1.54, 1.807) is 13.0 Å². The second-order valence-corrected chi connectivity index (χ2v) is 6.48. The smallest absolute Gasteiger partial charge is 0.255 e. The zero-order valence-electron chi connectivity index (χ0n) is 14.7. The fourth-order valence-corrected chi connectivity index (χ4v) is 3.31. The first-order valence-electron chi connectivity index (χ1n) is 8.52. The molecule has 2 aliphatic rings. The number of morpholine rings is 1. The van der Waals surface area contributed by atoms with Gasteiger partial charge in [0.15, 0.2) is 0 Å². The molecule has 2 fully saturated rings. The van der Waals surface area contributed by atoms with Crippen LogP contribution >= 0.6 is 12.4 Å². The fourth-order valence-electron chi connectivity index (χ4n) is 3.31. The Morgan fingerprint density at radius 2 is 2.00 bits per heavy atom. The maximum atomic E-state index is 12.4. The van der Waals surface area contributed by atoms with Crippen molar-refractivity contribution in [2.45, 2.75) is 38.8 Å². The molecule has 2 N–H and O–H groups in total. The van der Waals surface area contributed by atoms with Crippen LogP contribution in [0.25, 0.3) is 0 Å². The number of carbonyl (C=O) groups is 2. The summed E-state index contributed by atoms with van der Waals surface area (Å²) in [5.74, 6) is 1.37. The lowest BCUT2D eigenvalue weighted by molar-refractivity contribution is -0.137.